The van der Waals surface area contributed by atoms with Gasteiger partial charge in [-0.2, -0.15) is 16.4 Å². The Hall–Kier alpha value is -1.22. The van der Waals surface area contributed by atoms with Crippen molar-refractivity contribution in [1.29, 1.82) is 0 Å². The third-order valence-corrected chi connectivity index (χ3v) is 4.92. The molecule has 1 rings (SSSR count). The number of carbonyl (C=O) groups excluding carboxylic acids is 2. The molecular formula is C13H22N4O3S2. The van der Waals surface area contributed by atoms with Gasteiger partial charge in [0.25, 0.3) is 0 Å². The van der Waals surface area contributed by atoms with Crippen molar-refractivity contribution in [3.8, 4) is 0 Å². The van der Waals surface area contributed by atoms with Crippen LogP contribution in [-0.4, -0.2) is 64.4 Å². The van der Waals surface area contributed by atoms with Crippen molar-refractivity contribution in [2.24, 2.45) is 0 Å². The molecule has 0 saturated carbocycles. The molecule has 9 heteroatoms. The van der Waals surface area contributed by atoms with Crippen LogP contribution in [0.3, 0.4) is 0 Å². The maximum atomic E-state index is 12.2. The van der Waals surface area contributed by atoms with E-state index in [1.165, 1.54) is 9.58 Å². The summed E-state index contributed by atoms with van der Waals surface area (Å²) in [5.74, 6) is 0.304. The number of carbonyl (C=O) groups is 2. The van der Waals surface area contributed by atoms with Gasteiger partial charge in [0.2, 0.25) is 0 Å². The van der Waals surface area contributed by atoms with E-state index in [0.717, 1.165) is 11.8 Å². The number of hydrogen-bond acceptors (Lipinski definition) is 7. The van der Waals surface area contributed by atoms with Gasteiger partial charge >= 0.3 is 12.0 Å². The number of rotatable bonds is 6. The van der Waals surface area contributed by atoms with Crippen molar-refractivity contribution >= 4 is 35.5 Å². The second-order valence-corrected chi connectivity index (χ2v) is 7.49. The largest absolute Gasteiger partial charge is 0.465 e. The standard InChI is InChI=1S/C13H22N4O3S2/c1-7-20-9(18)8-22-11-14-10(13(2,3)21-6)15-17(11)12(19)16(4)5/h7-8H2,1-6H3. The Labute approximate surface area is 139 Å². The van der Waals surface area contributed by atoms with Crippen molar-refractivity contribution in [3.63, 3.8) is 0 Å². The van der Waals surface area contributed by atoms with Crippen LogP contribution in [0, 0.1) is 0 Å². The first-order valence-electron chi connectivity index (χ1n) is 6.75. The van der Waals surface area contributed by atoms with E-state index in [1.807, 2.05) is 20.1 Å². The van der Waals surface area contributed by atoms with E-state index < -0.39 is 0 Å². The van der Waals surface area contributed by atoms with E-state index in [-0.39, 0.29) is 22.5 Å². The molecule has 1 heterocycles. The average molecular weight is 346 g/mol. The van der Waals surface area contributed by atoms with E-state index >= 15 is 0 Å². The first kappa shape index (κ1) is 18.8. The average Bonchev–Trinajstić information content (AvgIpc) is 2.89. The molecule has 1 aromatic rings. The van der Waals surface area contributed by atoms with Gasteiger partial charge in [-0.05, 0) is 27.0 Å². The van der Waals surface area contributed by atoms with Gasteiger partial charge in [0.1, 0.15) is 0 Å². The molecule has 0 spiro atoms. The summed E-state index contributed by atoms with van der Waals surface area (Å²) in [6, 6.07) is -0.304. The Balaban J connectivity index is 3.07. The van der Waals surface area contributed by atoms with Gasteiger partial charge in [-0.1, -0.05) is 11.8 Å². The zero-order valence-electron chi connectivity index (χ0n) is 13.7. The van der Waals surface area contributed by atoms with Gasteiger partial charge in [-0.3, -0.25) is 4.79 Å². The molecule has 0 aliphatic heterocycles. The predicted octanol–water partition coefficient (Wildman–Crippen LogP) is 2.06. The molecule has 0 fully saturated rings. The quantitative estimate of drug-likeness (QED) is 0.576. The molecule has 0 bridgehead atoms. The van der Waals surface area contributed by atoms with Gasteiger partial charge in [-0.15, -0.1) is 5.10 Å². The monoisotopic (exact) mass is 346 g/mol. The van der Waals surface area contributed by atoms with Crippen LogP contribution < -0.4 is 0 Å². The molecule has 0 saturated heterocycles. The molecule has 0 radical (unpaired) electrons. The first-order valence-corrected chi connectivity index (χ1v) is 8.96. The predicted molar refractivity (Wildman–Crippen MR) is 88.4 cm³/mol. The Morgan fingerprint density at radius 2 is 2.00 bits per heavy atom. The number of ether oxygens (including phenoxy) is 1. The minimum atomic E-state index is -0.343. The molecule has 0 aromatic carbocycles. The van der Waals surface area contributed by atoms with Crippen molar-refractivity contribution in [3.05, 3.63) is 5.82 Å². The van der Waals surface area contributed by atoms with Crippen LogP contribution in [0.4, 0.5) is 4.79 Å². The fraction of sp³-hybridized carbons (Fsp3) is 0.692. The summed E-state index contributed by atoms with van der Waals surface area (Å²) in [7, 11) is 3.28. The van der Waals surface area contributed by atoms with Crippen LogP contribution in [0.5, 0.6) is 0 Å². The van der Waals surface area contributed by atoms with Crippen molar-refractivity contribution in [2.45, 2.75) is 30.7 Å². The lowest BCUT2D eigenvalue weighted by Crippen LogP contribution is -2.29. The third-order valence-electron chi connectivity index (χ3n) is 2.81. The van der Waals surface area contributed by atoms with Crippen LogP contribution >= 0.6 is 23.5 Å². The van der Waals surface area contributed by atoms with Crippen LogP contribution in [0.15, 0.2) is 5.16 Å². The highest BCUT2D eigenvalue weighted by Crippen LogP contribution is 2.32. The smallest absolute Gasteiger partial charge is 0.346 e. The molecule has 0 aliphatic rings. The zero-order chi connectivity index (χ0) is 16.9. The number of aromatic nitrogens is 3. The minimum absolute atomic E-state index is 0.0897. The fourth-order valence-corrected chi connectivity index (χ4v) is 2.37. The highest BCUT2D eigenvalue weighted by atomic mass is 32.2. The van der Waals surface area contributed by atoms with Gasteiger partial charge in [0.15, 0.2) is 11.0 Å². The molecule has 7 nitrogen and oxygen atoms in total. The summed E-state index contributed by atoms with van der Waals surface area (Å²) in [4.78, 5) is 29.5. The fourth-order valence-electron chi connectivity index (χ4n) is 1.38. The molecule has 0 atom stereocenters. The highest BCUT2D eigenvalue weighted by molar-refractivity contribution is 8.00. The van der Waals surface area contributed by atoms with Crippen LogP contribution in [0.2, 0.25) is 0 Å². The van der Waals surface area contributed by atoms with E-state index in [9.17, 15) is 9.59 Å². The Morgan fingerprint density at radius 1 is 1.36 bits per heavy atom. The number of hydrogen-bond donors (Lipinski definition) is 0. The van der Waals surface area contributed by atoms with E-state index in [0.29, 0.717) is 17.6 Å². The highest BCUT2D eigenvalue weighted by Gasteiger charge is 2.28. The van der Waals surface area contributed by atoms with Crippen molar-refractivity contribution in [2.75, 3.05) is 32.7 Å². The molecule has 22 heavy (non-hydrogen) atoms. The number of nitrogens with zero attached hydrogens (tertiary/aromatic N) is 4. The molecule has 0 unspecified atom stereocenters. The number of thioether (sulfide) groups is 2. The molecule has 1 amide bonds. The molecular weight excluding hydrogens is 324 g/mol. The van der Waals surface area contributed by atoms with E-state index in [1.54, 1.807) is 32.8 Å². The molecule has 124 valence electrons. The molecule has 1 aromatic heterocycles. The van der Waals surface area contributed by atoms with E-state index in [2.05, 4.69) is 10.1 Å². The first-order chi connectivity index (χ1) is 10.2. The Kier molecular flexibility index (Phi) is 6.73. The Bertz CT molecular complexity index is 543. The summed E-state index contributed by atoms with van der Waals surface area (Å²) >= 11 is 2.74. The van der Waals surface area contributed by atoms with Crippen LogP contribution in [-0.2, 0) is 14.3 Å². The topological polar surface area (TPSA) is 77.3 Å². The summed E-state index contributed by atoms with van der Waals surface area (Å²) in [5.41, 5.74) is 0. The molecule has 0 N–H and O–H groups in total. The third kappa shape index (κ3) is 4.64. The summed E-state index contributed by atoms with van der Waals surface area (Å²) in [6.07, 6.45) is 1.96. The summed E-state index contributed by atoms with van der Waals surface area (Å²) in [5, 5.41) is 4.71. The van der Waals surface area contributed by atoms with Crippen LogP contribution in [0.25, 0.3) is 0 Å². The minimum Gasteiger partial charge on any atom is -0.465 e. The van der Waals surface area contributed by atoms with Crippen molar-refractivity contribution < 1.29 is 14.3 Å². The normalized spacial score (nSPS) is 11.4. The van der Waals surface area contributed by atoms with Gasteiger partial charge < -0.3 is 9.64 Å². The second-order valence-electron chi connectivity index (χ2n) is 5.11. The lowest BCUT2D eigenvalue weighted by atomic mass is 10.2. The second kappa shape index (κ2) is 7.87. The summed E-state index contributed by atoms with van der Waals surface area (Å²) in [6.45, 7) is 6.04. The lowest BCUT2D eigenvalue weighted by molar-refractivity contribution is -0.139. The Morgan fingerprint density at radius 3 is 2.50 bits per heavy atom. The lowest BCUT2D eigenvalue weighted by Gasteiger charge is -2.17. The summed E-state index contributed by atoms with van der Waals surface area (Å²) < 4.78 is 5.80. The number of esters is 1. The maximum absolute atomic E-state index is 12.2. The van der Waals surface area contributed by atoms with Gasteiger partial charge in [-0.25, -0.2) is 9.78 Å². The van der Waals surface area contributed by atoms with Gasteiger partial charge in [0.05, 0.1) is 17.1 Å². The van der Waals surface area contributed by atoms with E-state index in [4.69, 9.17) is 4.74 Å². The SMILES string of the molecule is CCOC(=O)CSc1nc(C(C)(C)SC)nn1C(=O)N(C)C. The van der Waals surface area contributed by atoms with Gasteiger partial charge in [0, 0.05) is 14.1 Å². The maximum Gasteiger partial charge on any atom is 0.346 e. The number of amides is 1. The van der Waals surface area contributed by atoms with Crippen LogP contribution in [0.1, 0.15) is 26.6 Å². The zero-order valence-corrected chi connectivity index (χ0v) is 15.4. The molecule has 0 aliphatic carbocycles. The van der Waals surface area contributed by atoms with Crippen molar-refractivity contribution in [1.82, 2.24) is 19.7 Å².